The maximum Gasteiger partial charge on any atom is 0.346 e. The molecule has 3 aromatic rings. The lowest BCUT2D eigenvalue weighted by atomic mass is 9.96. The number of ether oxygens (including phenoxy) is 1. The quantitative estimate of drug-likeness (QED) is 0.591. The molecule has 0 saturated heterocycles. The molecule has 0 aromatic heterocycles. The van der Waals surface area contributed by atoms with Gasteiger partial charge in [0.25, 0.3) is 0 Å². The molecule has 0 unspecified atom stereocenters. The number of anilines is 1. The first kappa shape index (κ1) is 13.5. The van der Waals surface area contributed by atoms with Crippen molar-refractivity contribution in [2.45, 2.75) is 6.54 Å². The van der Waals surface area contributed by atoms with Gasteiger partial charge in [0.2, 0.25) is 0 Å². The van der Waals surface area contributed by atoms with Crippen LogP contribution in [0, 0.1) is 0 Å². The van der Waals surface area contributed by atoms with Gasteiger partial charge in [-0.15, -0.1) is 0 Å². The van der Waals surface area contributed by atoms with Crippen molar-refractivity contribution in [3.63, 3.8) is 0 Å². The molecule has 0 spiro atoms. The first-order valence-electron chi connectivity index (χ1n) is 7.34. The van der Waals surface area contributed by atoms with Crippen molar-refractivity contribution >= 4 is 28.4 Å². The highest BCUT2D eigenvalue weighted by Gasteiger charge is 2.27. The first-order chi connectivity index (χ1) is 11.2. The number of carbonyl (C=O) groups excluding carboxylic acids is 2. The van der Waals surface area contributed by atoms with Crippen molar-refractivity contribution in [2.24, 2.45) is 0 Å². The Labute approximate surface area is 132 Å². The zero-order valence-corrected chi connectivity index (χ0v) is 12.2. The molecule has 0 saturated carbocycles. The van der Waals surface area contributed by atoms with Crippen LogP contribution in [0.25, 0.3) is 10.8 Å². The fourth-order valence-corrected chi connectivity index (χ4v) is 2.89. The van der Waals surface area contributed by atoms with Crippen LogP contribution in [0.3, 0.4) is 0 Å². The molecule has 4 rings (SSSR count). The van der Waals surface area contributed by atoms with Crippen LogP contribution in [-0.2, 0) is 11.3 Å². The number of rotatable bonds is 3. The largest absolute Gasteiger partial charge is 0.386 e. The molecule has 0 amide bonds. The summed E-state index contributed by atoms with van der Waals surface area (Å²) >= 11 is 0. The second kappa shape index (κ2) is 5.25. The van der Waals surface area contributed by atoms with Gasteiger partial charge in [-0.25, -0.2) is 9.59 Å². The predicted octanol–water partition coefficient (Wildman–Crippen LogP) is 3.76. The summed E-state index contributed by atoms with van der Waals surface area (Å²) < 4.78 is 4.77. The molecule has 0 aliphatic carbocycles. The SMILES string of the molecule is O=C1OC(=O)c2ccc(NCc3ccccc3)c3cccc1c23. The van der Waals surface area contributed by atoms with E-state index in [2.05, 4.69) is 5.32 Å². The van der Waals surface area contributed by atoms with Gasteiger partial charge >= 0.3 is 11.9 Å². The van der Waals surface area contributed by atoms with Crippen molar-refractivity contribution in [3.8, 4) is 0 Å². The molecule has 23 heavy (non-hydrogen) atoms. The summed E-state index contributed by atoms with van der Waals surface area (Å²) in [6.07, 6.45) is 0. The molecule has 3 aromatic carbocycles. The van der Waals surface area contributed by atoms with Gasteiger partial charge in [0.15, 0.2) is 0 Å². The smallest absolute Gasteiger partial charge is 0.346 e. The Morgan fingerprint density at radius 3 is 2.30 bits per heavy atom. The van der Waals surface area contributed by atoms with Crippen LogP contribution in [0.4, 0.5) is 5.69 Å². The first-order valence-corrected chi connectivity index (χ1v) is 7.34. The number of esters is 2. The van der Waals surface area contributed by atoms with Gasteiger partial charge in [-0.1, -0.05) is 42.5 Å². The van der Waals surface area contributed by atoms with Gasteiger partial charge < -0.3 is 10.1 Å². The molecule has 4 heteroatoms. The van der Waals surface area contributed by atoms with Gasteiger partial charge in [0.1, 0.15) is 0 Å². The van der Waals surface area contributed by atoms with E-state index in [4.69, 9.17) is 4.74 Å². The van der Waals surface area contributed by atoms with E-state index in [-0.39, 0.29) is 0 Å². The Bertz CT molecular complexity index is 912. The Morgan fingerprint density at radius 1 is 0.783 bits per heavy atom. The van der Waals surface area contributed by atoms with Crippen LogP contribution in [0.15, 0.2) is 60.7 Å². The molecule has 1 N–H and O–H groups in total. The summed E-state index contributed by atoms with van der Waals surface area (Å²) in [5.74, 6) is -1.18. The van der Waals surface area contributed by atoms with Crippen molar-refractivity contribution in [2.75, 3.05) is 5.32 Å². The molecule has 0 fully saturated rings. The molecule has 1 heterocycles. The summed E-state index contributed by atoms with van der Waals surface area (Å²) in [7, 11) is 0. The molecule has 0 atom stereocenters. The monoisotopic (exact) mass is 303 g/mol. The topological polar surface area (TPSA) is 55.4 Å². The minimum Gasteiger partial charge on any atom is -0.386 e. The van der Waals surface area contributed by atoms with Gasteiger partial charge in [0.05, 0.1) is 11.1 Å². The van der Waals surface area contributed by atoms with Crippen molar-refractivity contribution in [3.05, 3.63) is 77.4 Å². The average molecular weight is 303 g/mol. The molecule has 1 aliphatic rings. The van der Waals surface area contributed by atoms with Crippen LogP contribution in [-0.4, -0.2) is 11.9 Å². The second-order valence-corrected chi connectivity index (χ2v) is 5.40. The van der Waals surface area contributed by atoms with Crippen LogP contribution in [0.2, 0.25) is 0 Å². The van der Waals surface area contributed by atoms with E-state index in [0.717, 1.165) is 16.6 Å². The highest BCUT2D eigenvalue weighted by atomic mass is 16.6. The zero-order valence-electron chi connectivity index (χ0n) is 12.2. The van der Waals surface area contributed by atoms with Gasteiger partial charge in [-0.3, -0.25) is 0 Å². The van der Waals surface area contributed by atoms with Gasteiger partial charge in [-0.2, -0.15) is 0 Å². The highest BCUT2D eigenvalue weighted by Crippen LogP contribution is 2.33. The molecule has 112 valence electrons. The van der Waals surface area contributed by atoms with Crippen LogP contribution < -0.4 is 5.32 Å². The summed E-state index contributed by atoms with van der Waals surface area (Å²) in [5.41, 5.74) is 2.90. The van der Waals surface area contributed by atoms with E-state index < -0.39 is 11.9 Å². The van der Waals surface area contributed by atoms with E-state index in [1.54, 1.807) is 18.2 Å². The Hall–Kier alpha value is -3.14. The normalized spacial score (nSPS) is 13.0. The lowest BCUT2D eigenvalue weighted by molar-refractivity contribution is 0.0391. The summed E-state index contributed by atoms with van der Waals surface area (Å²) in [5, 5.41) is 4.88. The van der Waals surface area contributed by atoms with Crippen LogP contribution >= 0.6 is 0 Å². The van der Waals surface area contributed by atoms with Crippen LogP contribution in [0.5, 0.6) is 0 Å². The Kier molecular flexibility index (Phi) is 3.08. The third-order valence-corrected chi connectivity index (χ3v) is 3.99. The Balaban J connectivity index is 1.80. The molecule has 1 aliphatic heterocycles. The summed E-state index contributed by atoms with van der Waals surface area (Å²) in [6, 6.07) is 19.0. The van der Waals surface area contributed by atoms with Crippen molar-refractivity contribution in [1.82, 2.24) is 0 Å². The lowest BCUT2D eigenvalue weighted by Crippen LogP contribution is -2.19. The zero-order chi connectivity index (χ0) is 15.8. The molecule has 0 bridgehead atoms. The highest BCUT2D eigenvalue weighted by molar-refractivity contribution is 6.22. The molecule has 4 nitrogen and oxygen atoms in total. The van der Waals surface area contributed by atoms with Gasteiger partial charge in [-0.05, 0) is 23.8 Å². The average Bonchev–Trinajstić information content (AvgIpc) is 2.59. The number of hydrogen-bond acceptors (Lipinski definition) is 4. The third kappa shape index (κ3) is 2.25. The number of hydrogen-bond donors (Lipinski definition) is 1. The number of benzene rings is 3. The summed E-state index contributed by atoms with van der Waals surface area (Å²) in [6.45, 7) is 0.665. The van der Waals surface area contributed by atoms with Crippen LogP contribution in [0.1, 0.15) is 26.3 Å². The minimum absolute atomic E-state index is 0.431. The fraction of sp³-hybridized carbons (Fsp3) is 0.0526. The summed E-state index contributed by atoms with van der Waals surface area (Å²) in [4.78, 5) is 23.8. The lowest BCUT2D eigenvalue weighted by Gasteiger charge is -2.18. The Morgan fingerprint density at radius 2 is 1.52 bits per heavy atom. The molecular formula is C19H13NO3. The maximum absolute atomic E-state index is 11.9. The number of carbonyl (C=O) groups is 2. The van der Waals surface area contributed by atoms with E-state index in [1.807, 2.05) is 42.5 Å². The minimum atomic E-state index is -0.590. The molecule has 0 radical (unpaired) electrons. The van der Waals surface area contributed by atoms with E-state index >= 15 is 0 Å². The van der Waals surface area contributed by atoms with E-state index in [0.29, 0.717) is 23.1 Å². The fourth-order valence-electron chi connectivity index (χ4n) is 2.89. The van der Waals surface area contributed by atoms with Crippen molar-refractivity contribution in [1.29, 1.82) is 0 Å². The van der Waals surface area contributed by atoms with E-state index in [1.165, 1.54) is 0 Å². The van der Waals surface area contributed by atoms with E-state index in [9.17, 15) is 9.59 Å². The maximum atomic E-state index is 11.9. The number of cyclic esters (lactones) is 2. The second-order valence-electron chi connectivity index (χ2n) is 5.40. The molecular weight excluding hydrogens is 290 g/mol. The number of nitrogens with one attached hydrogen (secondary N) is 1. The van der Waals surface area contributed by atoms with Crippen molar-refractivity contribution < 1.29 is 14.3 Å². The standard InChI is InChI=1S/C19H13NO3/c21-18-14-8-4-7-13-16(20-11-12-5-2-1-3-6-12)10-9-15(17(13)14)19(22)23-18/h1-10,20H,11H2. The van der Waals surface area contributed by atoms with Gasteiger partial charge in [0, 0.05) is 23.0 Å². The predicted molar refractivity (Wildman–Crippen MR) is 87.5 cm³/mol. The third-order valence-electron chi connectivity index (χ3n) is 3.99.